The first-order valence-corrected chi connectivity index (χ1v) is 8.63. The summed E-state index contributed by atoms with van der Waals surface area (Å²) in [7, 11) is 1.60. The Morgan fingerprint density at radius 1 is 1.19 bits per heavy atom. The Morgan fingerprint density at radius 2 is 2.04 bits per heavy atom. The molecule has 2 heterocycles. The van der Waals surface area contributed by atoms with Crippen molar-refractivity contribution in [3.8, 4) is 17.2 Å². The Labute approximate surface area is 156 Å². The zero-order valence-electron chi connectivity index (χ0n) is 15.1. The third-order valence-corrected chi connectivity index (χ3v) is 4.41. The molecule has 0 fully saturated rings. The van der Waals surface area contributed by atoms with Crippen molar-refractivity contribution in [1.82, 2.24) is 10.6 Å². The number of hydrogen-bond acceptors (Lipinski definition) is 5. The van der Waals surface area contributed by atoms with Gasteiger partial charge >= 0.3 is 6.03 Å². The number of carbonyl (C=O) groups is 1. The van der Waals surface area contributed by atoms with Crippen LogP contribution in [0.2, 0.25) is 0 Å². The number of ether oxygens (including phenoxy) is 3. The van der Waals surface area contributed by atoms with Crippen LogP contribution in [0.15, 0.2) is 46.9 Å². The number of carbonyl (C=O) groups excluding carboxylic acids is 1. The molecule has 1 aliphatic rings. The molecular formula is C20H20N2O5. The van der Waals surface area contributed by atoms with E-state index < -0.39 is 0 Å². The summed E-state index contributed by atoms with van der Waals surface area (Å²) in [6.07, 6.45) is 0. The van der Waals surface area contributed by atoms with Crippen LogP contribution >= 0.6 is 0 Å². The third-order valence-electron chi connectivity index (χ3n) is 4.41. The number of rotatable bonds is 5. The lowest BCUT2D eigenvalue weighted by Gasteiger charge is -2.12. The van der Waals surface area contributed by atoms with E-state index in [4.69, 9.17) is 18.6 Å². The molecule has 2 N–H and O–H groups in total. The molecule has 0 saturated heterocycles. The molecule has 0 saturated carbocycles. The molecule has 1 atom stereocenters. The van der Waals surface area contributed by atoms with Crippen LogP contribution in [0.5, 0.6) is 17.2 Å². The predicted octanol–water partition coefficient (Wildman–Crippen LogP) is 3.73. The van der Waals surface area contributed by atoms with Crippen molar-refractivity contribution in [2.75, 3.05) is 13.9 Å². The maximum atomic E-state index is 12.2. The topological polar surface area (TPSA) is 82.0 Å². The van der Waals surface area contributed by atoms with Gasteiger partial charge in [-0.2, -0.15) is 0 Å². The number of hydrogen-bond donors (Lipinski definition) is 2. The molecule has 27 heavy (non-hydrogen) atoms. The molecule has 0 aliphatic carbocycles. The zero-order chi connectivity index (χ0) is 18.8. The van der Waals surface area contributed by atoms with Crippen molar-refractivity contribution in [1.29, 1.82) is 0 Å². The summed E-state index contributed by atoms with van der Waals surface area (Å²) >= 11 is 0. The van der Waals surface area contributed by atoms with Gasteiger partial charge in [-0.15, -0.1) is 0 Å². The molecule has 2 aromatic carbocycles. The Bertz CT molecular complexity index is 982. The van der Waals surface area contributed by atoms with Gasteiger partial charge in [0.15, 0.2) is 22.8 Å². The summed E-state index contributed by atoms with van der Waals surface area (Å²) in [4.78, 5) is 12.2. The normalized spacial score (nSPS) is 13.4. The van der Waals surface area contributed by atoms with Gasteiger partial charge in [-0.25, -0.2) is 4.79 Å². The fraction of sp³-hybridized carbons (Fsp3) is 0.250. The van der Waals surface area contributed by atoms with Crippen LogP contribution in [0.3, 0.4) is 0 Å². The Morgan fingerprint density at radius 3 is 2.89 bits per heavy atom. The number of fused-ring (bicyclic) bond motifs is 2. The van der Waals surface area contributed by atoms with E-state index in [9.17, 15) is 4.79 Å². The summed E-state index contributed by atoms with van der Waals surface area (Å²) < 4.78 is 21.8. The summed E-state index contributed by atoms with van der Waals surface area (Å²) in [6.45, 7) is 2.47. The first-order valence-electron chi connectivity index (χ1n) is 8.63. The molecule has 2 amide bonds. The minimum absolute atomic E-state index is 0.229. The van der Waals surface area contributed by atoms with Crippen molar-refractivity contribution in [3.63, 3.8) is 0 Å². The maximum absolute atomic E-state index is 12.2. The van der Waals surface area contributed by atoms with Gasteiger partial charge in [0.25, 0.3) is 0 Å². The number of nitrogens with one attached hydrogen (secondary N) is 2. The lowest BCUT2D eigenvalue weighted by molar-refractivity contribution is 0.174. The van der Waals surface area contributed by atoms with E-state index in [0.717, 1.165) is 16.7 Å². The van der Waals surface area contributed by atoms with Gasteiger partial charge in [0.1, 0.15) is 5.76 Å². The predicted molar refractivity (Wildman–Crippen MR) is 99.1 cm³/mol. The molecule has 7 heteroatoms. The molecule has 0 radical (unpaired) electrons. The minimum Gasteiger partial charge on any atom is -0.493 e. The van der Waals surface area contributed by atoms with Crippen molar-refractivity contribution < 1.29 is 23.4 Å². The minimum atomic E-state index is -0.293. The number of benzene rings is 2. The van der Waals surface area contributed by atoms with E-state index >= 15 is 0 Å². The van der Waals surface area contributed by atoms with Gasteiger partial charge in [-0.05, 0) is 36.8 Å². The summed E-state index contributed by atoms with van der Waals surface area (Å²) in [5, 5.41) is 6.64. The van der Waals surface area contributed by atoms with Gasteiger partial charge in [0.05, 0.1) is 13.2 Å². The van der Waals surface area contributed by atoms with Crippen molar-refractivity contribution in [2.24, 2.45) is 0 Å². The second-order valence-electron chi connectivity index (χ2n) is 6.26. The van der Waals surface area contributed by atoms with Crippen LogP contribution in [0.25, 0.3) is 11.0 Å². The summed E-state index contributed by atoms with van der Waals surface area (Å²) in [5.74, 6) is 2.74. The molecular weight excluding hydrogens is 348 g/mol. The summed E-state index contributed by atoms with van der Waals surface area (Å²) in [5.41, 5.74) is 1.60. The number of furan rings is 1. The quantitative estimate of drug-likeness (QED) is 0.717. The Hall–Kier alpha value is -3.35. The zero-order valence-corrected chi connectivity index (χ0v) is 15.1. The molecule has 0 spiro atoms. The highest BCUT2D eigenvalue weighted by Gasteiger charge is 2.17. The fourth-order valence-electron chi connectivity index (χ4n) is 2.98. The third kappa shape index (κ3) is 3.48. The van der Waals surface area contributed by atoms with Crippen LogP contribution in [-0.4, -0.2) is 19.9 Å². The van der Waals surface area contributed by atoms with Crippen LogP contribution in [0.1, 0.15) is 24.3 Å². The van der Waals surface area contributed by atoms with E-state index in [0.29, 0.717) is 29.4 Å². The second kappa shape index (κ2) is 7.11. The smallest absolute Gasteiger partial charge is 0.315 e. The molecule has 4 rings (SSSR count). The lowest BCUT2D eigenvalue weighted by atomic mass is 10.2. The summed E-state index contributed by atoms with van der Waals surface area (Å²) in [6, 6.07) is 12.6. The van der Waals surface area contributed by atoms with Gasteiger partial charge < -0.3 is 29.3 Å². The number of urea groups is 1. The molecule has 1 aliphatic heterocycles. The Kier molecular flexibility index (Phi) is 4.50. The van der Waals surface area contributed by atoms with E-state index in [1.54, 1.807) is 7.11 Å². The lowest BCUT2D eigenvalue weighted by Crippen LogP contribution is -2.36. The highest BCUT2D eigenvalue weighted by Crippen LogP contribution is 2.32. The second-order valence-corrected chi connectivity index (χ2v) is 6.26. The largest absolute Gasteiger partial charge is 0.493 e. The Balaban J connectivity index is 1.38. The number of methoxy groups -OCH3 is 1. The molecule has 1 unspecified atom stereocenters. The highest BCUT2D eigenvalue weighted by molar-refractivity contribution is 5.84. The van der Waals surface area contributed by atoms with E-state index in [2.05, 4.69) is 10.6 Å². The molecule has 3 aromatic rings. The van der Waals surface area contributed by atoms with Crippen molar-refractivity contribution in [3.05, 3.63) is 53.8 Å². The van der Waals surface area contributed by atoms with E-state index in [1.165, 1.54) is 0 Å². The van der Waals surface area contributed by atoms with E-state index in [-0.39, 0.29) is 18.9 Å². The first-order chi connectivity index (χ1) is 13.1. The number of amides is 2. The fourth-order valence-corrected chi connectivity index (χ4v) is 2.98. The van der Waals surface area contributed by atoms with Crippen molar-refractivity contribution in [2.45, 2.75) is 19.5 Å². The van der Waals surface area contributed by atoms with Crippen LogP contribution in [-0.2, 0) is 6.54 Å². The first kappa shape index (κ1) is 17.1. The van der Waals surface area contributed by atoms with Crippen molar-refractivity contribution >= 4 is 17.0 Å². The van der Waals surface area contributed by atoms with Crippen LogP contribution in [0.4, 0.5) is 4.79 Å². The van der Waals surface area contributed by atoms with Gasteiger partial charge in [-0.3, -0.25) is 0 Å². The maximum Gasteiger partial charge on any atom is 0.315 e. The van der Waals surface area contributed by atoms with Crippen LogP contribution < -0.4 is 24.8 Å². The molecule has 0 bridgehead atoms. The standard InChI is InChI=1S/C20H20N2O5/c1-12(17-9-14-4-3-5-16(24-2)19(14)27-17)22-20(23)21-10-13-6-7-15-18(8-13)26-11-25-15/h3-9,12H,10-11H2,1-2H3,(H2,21,22,23). The highest BCUT2D eigenvalue weighted by atomic mass is 16.7. The molecule has 1 aromatic heterocycles. The number of para-hydroxylation sites is 1. The van der Waals surface area contributed by atoms with E-state index in [1.807, 2.05) is 49.4 Å². The van der Waals surface area contributed by atoms with Crippen LogP contribution in [0, 0.1) is 0 Å². The molecule has 7 nitrogen and oxygen atoms in total. The van der Waals surface area contributed by atoms with Gasteiger partial charge in [0.2, 0.25) is 6.79 Å². The monoisotopic (exact) mass is 368 g/mol. The molecule has 140 valence electrons. The van der Waals surface area contributed by atoms with Gasteiger partial charge in [0, 0.05) is 11.9 Å². The average molecular weight is 368 g/mol. The SMILES string of the molecule is COc1cccc2cc(C(C)NC(=O)NCc3ccc4c(c3)OCO4)oc12. The average Bonchev–Trinajstić information content (AvgIpc) is 3.32. The van der Waals surface area contributed by atoms with Gasteiger partial charge in [-0.1, -0.05) is 18.2 Å².